The highest BCUT2D eigenvalue weighted by atomic mass is 19.1. The van der Waals surface area contributed by atoms with Gasteiger partial charge in [0.05, 0.1) is 37.0 Å². The highest BCUT2D eigenvalue weighted by Gasteiger charge is 2.12. The van der Waals surface area contributed by atoms with Crippen molar-refractivity contribution in [3.8, 4) is 11.1 Å². The van der Waals surface area contributed by atoms with Gasteiger partial charge in [-0.25, -0.2) is 14.4 Å². The number of hydrogen-bond acceptors (Lipinski definition) is 6. The van der Waals surface area contributed by atoms with Crippen LogP contribution in [-0.4, -0.2) is 62.1 Å². The van der Waals surface area contributed by atoms with Gasteiger partial charge in [0.2, 0.25) is 0 Å². The average molecular weight is 548 g/mol. The first kappa shape index (κ1) is 25.4. The second kappa shape index (κ2) is 11.1. The lowest BCUT2D eigenvalue weighted by Gasteiger charge is -2.26. The number of anilines is 2. The molecule has 8 nitrogen and oxygen atoms in total. The zero-order chi connectivity index (χ0) is 27.6. The third-order valence-corrected chi connectivity index (χ3v) is 7.62. The molecule has 3 aromatic carbocycles. The molecule has 0 saturated carbocycles. The summed E-state index contributed by atoms with van der Waals surface area (Å²) >= 11 is 0. The van der Waals surface area contributed by atoms with E-state index in [1.807, 2.05) is 35.1 Å². The van der Waals surface area contributed by atoms with E-state index in [0.29, 0.717) is 6.54 Å². The molecule has 0 spiro atoms. The van der Waals surface area contributed by atoms with Gasteiger partial charge in [0.15, 0.2) is 0 Å². The number of ether oxygens (including phenoxy) is 1. The van der Waals surface area contributed by atoms with E-state index >= 15 is 0 Å². The Morgan fingerprint density at radius 3 is 2.73 bits per heavy atom. The summed E-state index contributed by atoms with van der Waals surface area (Å²) in [7, 11) is 0. The van der Waals surface area contributed by atoms with E-state index in [9.17, 15) is 4.39 Å². The number of hydrogen-bond donors (Lipinski definition) is 1. The van der Waals surface area contributed by atoms with Crippen molar-refractivity contribution in [2.75, 3.05) is 38.2 Å². The molecule has 0 amide bonds. The molecule has 1 fully saturated rings. The summed E-state index contributed by atoms with van der Waals surface area (Å²) in [5.74, 6) is 0.502. The first-order chi connectivity index (χ1) is 20.2. The van der Waals surface area contributed by atoms with Gasteiger partial charge in [-0.05, 0) is 65.2 Å². The van der Waals surface area contributed by atoms with Crippen LogP contribution in [0.1, 0.15) is 5.56 Å². The van der Waals surface area contributed by atoms with E-state index in [4.69, 9.17) is 4.74 Å². The quantitative estimate of drug-likeness (QED) is 0.263. The van der Waals surface area contributed by atoms with Crippen molar-refractivity contribution in [1.29, 1.82) is 0 Å². The van der Waals surface area contributed by atoms with Crippen LogP contribution >= 0.6 is 0 Å². The minimum absolute atomic E-state index is 0.243. The molecule has 6 aromatic rings. The molecular formula is C32H30FN7O. The maximum absolute atomic E-state index is 13.6. The fraction of sp³-hybridized carbons (Fsp3) is 0.219. The predicted molar refractivity (Wildman–Crippen MR) is 159 cm³/mol. The van der Waals surface area contributed by atoms with Crippen LogP contribution in [0.15, 0.2) is 91.6 Å². The van der Waals surface area contributed by atoms with Gasteiger partial charge in [0.1, 0.15) is 18.0 Å². The van der Waals surface area contributed by atoms with Gasteiger partial charge in [0, 0.05) is 55.0 Å². The van der Waals surface area contributed by atoms with Gasteiger partial charge in [-0.3, -0.25) is 9.58 Å². The van der Waals surface area contributed by atoms with Crippen LogP contribution < -0.4 is 5.32 Å². The lowest BCUT2D eigenvalue weighted by Crippen LogP contribution is -2.38. The summed E-state index contributed by atoms with van der Waals surface area (Å²) in [5.41, 5.74) is 5.91. The number of rotatable bonds is 8. The Balaban J connectivity index is 1.10. The first-order valence-corrected chi connectivity index (χ1v) is 13.9. The molecule has 206 valence electrons. The number of nitrogens with one attached hydrogen (secondary N) is 1. The third-order valence-electron chi connectivity index (χ3n) is 7.62. The second-order valence-electron chi connectivity index (χ2n) is 10.4. The third kappa shape index (κ3) is 5.54. The molecule has 1 aliphatic heterocycles. The van der Waals surface area contributed by atoms with Gasteiger partial charge in [-0.2, -0.15) is 5.10 Å². The van der Waals surface area contributed by atoms with Crippen molar-refractivity contribution < 1.29 is 9.13 Å². The Labute approximate surface area is 237 Å². The van der Waals surface area contributed by atoms with Crippen molar-refractivity contribution in [2.24, 2.45) is 0 Å². The molecule has 0 unspecified atom stereocenters. The summed E-state index contributed by atoms with van der Waals surface area (Å²) < 4.78 is 23.2. The Morgan fingerprint density at radius 1 is 0.902 bits per heavy atom. The largest absolute Gasteiger partial charge is 0.379 e. The standard InChI is InChI=1S/C32H30FN7O/c33-27-3-1-2-23(16-27)20-40-31-7-5-28(17-26(31)19-36-40)37-32-29-18-24(4-6-30(29)34-22-35-32)25-8-9-39(21-25)11-10-38-12-14-41-15-13-38/h1-9,16-19,21-22H,10-15,20H2,(H,34,35,37). The number of halogens is 1. The van der Waals surface area contributed by atoms with Crippen molar-refractivity contribution in [2.45, 2.75) is 13.1 Å². The zero-order valence-corrected chi connectivity index (χ0v) is 22.6. The number of aromatic nitrogens is 5. The molecule has 1 N–H and O–H groups in total. The van der Waals surface area contributed by atoms with Gasteiger partial charge < -0.3 is 14.6 Å². The molecule has 4 heterocycles. The average Bonchev–Trinajstić information content (AvgIpc) is 3.64. The minimum Gasteiger partial charge on any atom is -0.379 e. The monoisotopic (exact) mass is 547 g/mol. The van der Waals surface area contributed by atoms with Crippen LogP contribution in [0.3, 0.4) is 0 Å². The van der Waals surface area contributed by atoms with Crippen molar-refractivity contribution in [3.05, 3.63) is 103 Å². The highest BCUT2D eigenvalue weighted by molar-refractivity contribution is 5.94. The molecule has 7 rings (SSSR count). The number of benzene rings is 3. The smallest absolute Gasteiger partial charge is 0.141 e. The minimum atomic E-state index is -0.243. The molecular weight excluding hydrogens is 517 g/mol. The van der Waals surface area contributed by atoms with E-state index in [0.717, 1.165) is 89.4 Å². The predicted octanol–water partition coefficient (Wildman–Crippen LogP) is 5.71. The van der Waals surface area contributed by atoms with E-state index in [-0.39, 0.29) is 5.82 Å². The van der Waals surface area contributed by atoms with Gasteiger partial charge in [-0.1, -0.05) is 18.2 Å². The van der Waals surface area contributed by atoms with E-state index in [2.05, 4.69) is 66.5 Å². The summed E-state index contributed by atoms with van der Waals surface area (Å²) in [6, 6.07) is 21.2. The normalized spacial score (nSPS) is 14.2. The van der Waals surface area contributed by atoms with E-state index < -0.39 is 0 Å². The second-order valence-corrected chi connectivity index (χ2v) is 10.4. The van der Waals surface area contributed by atoms with E-state index in [1.54, 1.807) is 18.5 Å². The van der Waals surface area contributed by atoms with Crippen LogP contribution in [0.4, 0.5) is 15.9 Å². The van der Waals surface area contributed by atoms with Crippen LogP contribution in [0.2, 0.25) is 0 Å². The molecule has 3 aromatic heterocycles. The Hall–Kier alpha value is -4.60. The fourth-order valence-corrected chi connectivity index (χ4v) is 5.40. The topological polar surface area (TPSA) is 73.0 Å². The van der Waals surface area contributed by atoms with Gasteiger partial charge >= 0.3 is 0 Å². The van der Waals surface area contributed by atoms with Crippen molar-refractivity contribution >= 4 is 33.3 Å². The van der Waals surface area contributed by atoms with Gasteiger partial charge in [-0.15, -0.1) is 0 Å². The molecule has 0 bridgehead atoms. The number of fused-ring (bicyclic) bond motifs is 2. The molecule has 1 saturated heterocycles. The zero-order valence-electron chi connectivity index (χ0n) is 22.6. The van der Waals surface area contributed by atoms with Crippen LogP contribution in [0, 0.1) is 5.82 Å². The molecule has 1 aliphatic rings. The Bertz CT molecular complexity index is 1820. The van der Waals surface area contributed by atoms with Crippen LogP contribution in [-0.2, 0) is 17.8 Å². The molecule has 9 heteroatoms. The fourth-order valence-electron chi connectivity index (χ4n) is 5.40. The number of nitrogens with zero attached hydrogens (tertiary/aromatic N) is 6. The molecule has 0 aliphatic carbocycles. The lowest BCUT2D eigenvalue weighted by molar-refractivity contribution is 0.0364. The lowest BCUT2D eigenvalue weighted by atomic mass is 10.1. The van der Waals surface area contributed by atoms with E-state index in [1.165, 1.54) is 6.07 Å². The summed E-state index contributed by atoms with van der Waals surface area (Å²) in [4.78, 5) is 11.5. The molecule has 0 radical (unpaired) electrons. The maximum atomic E-state index is 13.6. The summed E-state index contributed by atoms with van der Waals surface area (Å²) in [6.45, 7) is 6.11. The number of morpholine rings is 1. The van der Waals surface area contributed by atoms with Crippen molar-refractivity contribution in [3.63, 3.8) is 0 Å². The highest BCUT2D eigenvalue weighted by Crippen LogP contribution is 2.30. The summed E-state index contributed by atoms with van der Waals surface area (Å²) in [5, 5.41) is 9.96. The summed E-state index contributed by atoms with van der Waals surface area (Å²) in [6.07, 6.45) is 7.76. The maximum Gasteiger partial charge on any atom is 0.141 e. The van der Waals surface area contributed by atoms with Crippen molar-refractivity contribution in [1.82, 2.24) is 29.2 Å². The van der Waals surface area contributed by atoms with Crippen LogP contribution in [0.25, 0.3) is 32.9 Å². The SMILES string of the molecule is Fc1cccc(Cn2ncc3cc(Nc4ncnc5ccc(-c6ccn(CCN7CCOCC7)c6)cc45)ccc32)c1. The van der Waals surface area contributed by atoms with Crippen LogP contribution in [0.5, 0.6) is 0 Å². The Kier molecular flexibility index (Phi) is 6.88. The molecule has 41 heavy (non-hydrogen) atoms. The Morgan fingerprint density at radius 2 is 1.83 bits per heavy atom. The van der Waals surface area contributed by atoms with Gasteiger partial charge in [0.25, 0.3) is 0 Å². The first-order valence-electron chi connectivity index (χ1n) is 13.9. The molecule has 0 atom stereocenters.